The maximum Gasteiger partial charge on any atom is 0.205 e. The van der Waals surface area contributed by atoms with Gasteiger partial charge in [-0.3, -0.25) is 0 Å². The van der Waals surface area contributed by atoms with E-state index in [1.165, 1.54) is 19.3 Å². The monoisotopic (exact) mass is 470 g/mol. The molecule has 0 aliphatic carbocycles. The quantitative estimate of drug-likeness (QED) is 0.0583. The summed E-state index contributed by atoms with van der Waals surface area (Å²) in [5.74, 6) is -7.67. The first-order valence-corrected chi connectivity index (χ1v) is 11.8. The van der Waals surface area contributed by atoms with E-state index in [1.54, 1.807) is 0 Å². The summed E-state index contributed by atoms with van der Waals surface area (Å²) < 4.78 is 65.9. The van der Waals surface area contributed by atoms with Gasteiger partial charge < -0.3 is 4.74 Å². The Bertz CT molecular complexity index is 605. The fourth-order valence-corrected chi connectivity index (χ4v) is 3.85. The normalized spacial score (nSPS) is 12.4. The number of rotatable bonds is 18. The van der Waals surface area contributed by atoms with Crippen LogP contribution in [0.25, 0.3) is 0 Å². The lowest BCUT2D eigenvalue weighted by atomic mass is 9.95. The lowest BCUT2D eigenvalue weighted by molar-refractivity contribution is -0.432. The third kappa shape index (κ3) is 9.97. The summed E-state index contributed by atoms with van der Waals surface area (Å²) in [6, 6.07) is 0. The van der Waals surface area contributed by atoms with Crippen LogP contribution >= 0.6 is 12.0 Å². The van der Waals surface area contributed by atoms with Crippen molar-refractivity contribution in [1.29, 1.82) is 0 Å². The molecule has 1 N–H and O–H groups in total. The van der Waals surface area contributed by atoms with Crippen molar-refractivity contribution in [2.24, 2.45) is 5.92 Å². The Hall–Kier alpha value is -1.03. The van der Waals surface area contributed by atoms with Crippen LogP contribution in [0.3, 0.4) is 0 Å². The Kier molecular flexibility index (Phi) is 15.0. The molecule has 0 spiro atoms. The maximum absolute atomic E-state index is 14.3. The van der Waals surface area contributed by atoms with Gasteiger partial charge in [0.05, 0.1) is 18.6 Å². The number of halogens is 4. The molecule has 0 saturated carbocycles. The highest BCUT2D eigenvalue weighted by molar-refractivity contribution is 7.94. The van der Waals surface area contributed by atoms with Crippen LogP contribution in [0.1, 0.15) is 90.9 Å². The Morgan fingerprint density at radius 1 is 0.742 bits per heavy atom. The fraction of sp³-hybridized carbons (Fsp3) is 0.727. The van der Waals surface area contributed by atoms with Crippen LogP contribution < -0.4 is 4.74 Å². The molecule has 0 bridgehead atoms. The zero-order valence-corrected chi connectivity index (χ0v) is 19.2. The van der Waals surface area contributed by atoms with Crippen LogP contribution in [0.4, 0.5) is 17.6 Å². The van der Waals surface area contributed by atoms with Gasteiger partial charge in [0, 0.05) is 0 Å². The highest BCUT2D eigenvalue weighted by Crippen LogP contribution is 2.36. The van der Waals surface area contributed by atoms with Crippen molar-refractivity contribution in [3.63, 3.8) is 0 Å². The first-order valence-electron chi connectivity index (χ1n) is 11.1. The van der Waals surface area contributed by atoms with Crippen LogP contribution in [0, 0.1) is 29.2 Å². The molecular weight excluding hydrogens is 436 g/mol. The largest absolute Gasteiger partial charge is 0.487 e. The Labute approximate surface area is 186 Å². The van der Waals surface area contributed by atoms with Gasteiger partial charge in [-0.1, -0.05) is 83.1 Å². The van der Waals surface area contributed by atoms with E-state index in [2.05, 4.69) is 23.2 Å². The summed E-state index contributed by atoms with van der Waals surface area (Å²) in [6.45, 7) is 4.26. The van der Waals surface area contributed by atoms with Crippen molar-refractivity contribution in [3.8, 4) is 5.75 Å². The first-order chi connectivity index (χ1) is 15.0. The van der Waals surface area contributed by atoms with E-state index in [0.717, 1.165) is 57.8 Å². The fourth-order valence-electron chi connectivity index (χ4n) is 3.43. The minimum absolute atomic E-state index is 0.0173. The molecule has 0 aliphatic heterocycles. The van der Waals surface area contributed by atoms with Crippen molar-refractivity contribution in [2.45, 2.75) is 95.8 Å². The van der Waals surface area contributed by atoms with Crippen LogP contribution in [-0.4, -0.2) is 11.9 Å². The molecule has 0 fully saturated rings. The third-order valence-electron chi connectivity index (χ3n) is 5.23. The number of unbranched alkanes of at least 4 members (excludes halogenated alkanes) is 8. The van der Waals surface area contributed by atoms with E-state index >= 15 is 0 Å². The van der Waals surface area contributed by atoms with Gasteiger partial charge in [-0.25, -0.2) is 14.0 Å². The van der Waals surface area contributed by atoms with Gasteiger partial charge in [0.15, 0.2) is 17.4 Å². The Morgan fingerprint density at radius 2 is 1.23 bits per heavy atom. The van der Waals surface area contributed by atoms with Crippen LogP contribution in [0.5, 0.6) is 5.75 Å². The lowest BCUT2D eigenvalue weighted by Gasteiger charge is -2.19. The summed E-state index contributed by atoms with van der Waals surface area (Å²) >= 11 is -0.188. The van der Waals surface area contributed by atoms with Crippen LogP contribution in [0.15, 0.2) is 4.90 Å². The van der Waals surface area contributed by atoms with Gasteiger partial charge in [-0.15, -0.1) is 4.33 Å². The second-order valence-electron chi connectivity index (χ2n) is 7.72. The molecule has 1 atom stereocenters. The number of hydrogen-bond donors (Lipinski definition) is 1. The van der Waals surface area contributed by atoms with Gasteiger partial charge in [-0.05, 0) is 18.8 Å². The minimum Gasteiger partial charge on any atom is -0.487 e. The standard InChI is InChI=1S/C22H34F4O4S/c1-3-5-7-9-10-12-14-16(13-11-8-6-4-2)15-28-21-17(23)19(25)22(31-30-29-27)20(26)18(21)24/h16,27H,3-15H2,1-2H3. The number of hydrogen-bond acceptors (Lipinski definition) is 5. The van der Waals surface area contributed by atoms with Crippen molar-refractivity contribution < 1.29 is 36.9 Å². The molecule has 0 aliphatic rings. The molecule has 0 aromatic heterocycles. The maximum atomic E-state index is 14.3. The molecule has 0 heterocycles. The SMILES string of the molecule is CCCCCCCCC(CCCCCC)COc1c(F)c(F)c(SOOO)c(F)c1F. The van der Waals surface area contributed by atoms with Crippen molar-refractivity contribution in [2.75, 3.05) is 6.61 Å². The molecule has 1 rings (SSSR count). The summed E-state index contributed by atoms with van der Waals surface area (Å²) in [7, 11) is 0. The molecule has 1 unspecified atom stereocenters. The zero-order chi connectivity index (χ0) is 23.1. The van der Waals surface area contributed by atoms with Crippen molar-refractivity contribution in [1.82, 2.24) is 0 Å². The lowest BCUT2D eigenvalue weighted by Crippen LogP contribution is -2.15. The highest BCUT2D eigenvalue weighted by Gasteiger charge is 2.28. The van der Waals surface area contributed by atoms with E-state index in [-0.39, 0.29) is 24.6 Å². The van der Waals surface area contributed by atoms with Gasteiger partial charge in [-0.2, -0.15) is 8.78 Å². The van der Waals surface area contributed by atoms with Gasteiger partial charge in [0.25, 0.3) is 0 Å². The average molecular weight is 471 g/mol. The predicted octanol–water partition coefficient (Wildman–Crippen LogP) is 8.39. The molecule has 180 valence electrons. The number of ether oxygens (including phenoxy) is 1. The van der Waals surface area contributed by atoms with E-state index in [9.17, 15) is 17.6 Å². The van der Waals surface area contributed by atoms with E-state index < -0.39 is 33.9 Å². The van der Waals surface area contributed by atoms with Crippen LogP contribution in [-0.2, 0) is 9.37 Å². The predicted molar refractivity (Wildman–Crippen MR) is 113 cm³/mol. The molecule has 0 saturated heterocycles. The highest BCUT2D eigenvalue weighted by atomic mass is 32.2. The van der Waals surface area contributed by atoms with E-state index in [4.69, 9.17) is 9.99 Å². The second kappa shape index (κ2) is 16.6. The molecule has 0 radical (unpaired) electrons. The molecule has 9 heteroatoms. The van der Waals surface area contributed by atoms with Crippen molar-refractivity contribution in [3.05, 3.63) is 23.3 Å². The van der Waals surface area contributed by atoms with Gasteiger partial charge >= 0.3 is 0 Å². The first kappa shape index (κ1) is 28.0. The van der Waals surface area contributed by atoms with Gasteiger partial charge in [0.1, 0.15) is 4.90 Å². The van der Waals surface area contributed by atoms with Crippen molar-refractivity contribution >= 4 is 12.0 Å². The average Bonchev–Trinajstić information content (AvgIpc) is 2.77. The zero-order valence-electron chi connectivity index (χ0n) is 18.4. The summed E-state index contributed by atoms with van der Waals surface area (Å²) in [5.41, 5.74) is 0. The Balaban J connectivity index is 2.75. The molecule has 31 heavy (non-hydrogen) atoms. The Morgan fingerprint density at radius 3 is 1.74 bits per heavy atom. The van der Waals surface area contributed by atoms with Crippen LogP contribution in [0.2, 0.25) is 0 Å². The smallest absolute Gasteiger partial charge is 0.205 e. The molecule has 1 aromatic rings. The molecule has 0 amide bonds. The third-order valence-corrected chi connectivity index (χ3v) is 5.88. The second-order valence-corrected chi connectivity index (χ2v) is 8.43. The minimum atomic E-state index is -1.67. The molecule has 4 nitrogen and oxygen atoms in total. The van der Waals surface area contributed by atoms with E-state index in [0.29, 0.717) is 0 Å². The summed E-state index contributed by atoms with van der Waals surface area (Å²) in [5, 5.41) is 11.3. The topological polar surface area (TPSA) is 47.9 Å². The number of benzene rings is 1. The van der Waals surface area contributed by atoms with E-state index in [1.807, 2.05) is 0 Å². The summed E-state index contributed by atoms with van der Waals surface area (Å²) in [4.78, 5) is -1.11. The van der Waals surface area contributed by atoms with Gasteiger partial charge in [0.2, 0.25) is 11.6 Å². The molecular formula is C22H34F4O4S. The summed E-state index contributed by atoms with van der Waals surface area (Å²) in [6.07, 6.45) is 12.7. The molecule has 1 aromatic carbocycles.